The molecule has 2 aromatic rings. The Kier molecular flexibility index (Phi) is 3.46. The first-order valence-electron chi connectivity index (χ1n) is 5.90. The highest BCUT2D eigenvalue weighted by Gasteiger charge is 2.16. The summed E-state index contributed by atoms with van der Waals surface area (Å²) in [4.78, 5) is 15.4. The van der Waals surface area contributed by atoms with Crippen molar-refractivity contribution < 1.29 is 18.3 Å². The van der Waals surface area contributed by atoms with Gasteiger partial charge in [-0.15, -0.1) is 0 Å². The van der Waals surface area contributed by atoms with E-state index in [1.165, 1.54) is 6.92 Å². The molecule has 0 atom stereocenters. The number of carbonyl (C=O) groups is 1. The highest BCUT2D eigenvalue weighted by atomic mass is 19.2. The first-order chi connectivity index (χ1) is 8.93. The zero-order valence-electron chi connectivity index (χ0n) is 10.9. The number of pyridine rings is 1. The fourth-order valence-corrected chi connectivity index (χ4v) is 1.99. The fraction of sp³-hybridized carbons (Fsp3) is 0.286. The molecule has 0 N–H and O–H groups in total. The van der Waals surface area contributed by atoms with Crippen molar-refractivity contribution in [3.05, 3.63) is 35.0 Å². The summed E-state index contributed by atoms with van der Waals surface area (Å²) in [7, 11) is 0. The molecule has 0 radical (unpaired) electrons. The van der Waals surface area contributed by atoms with E-state index in [1.807, 2.05) is 6.92 Å². The van der Waals surface area contributed by atoms with Crippen molar-refractivity contribution in [3.8, 4) is 5.75 Å². The van der Waals surface area contributed by atoms with Crippen molar-refractivity contribution in [2.24, 2.45) is 0 Å². The number of nitrogens with zero attached hydrogens (tertiary/aromatic N) is 1. The van der Waals surface area contributed by atoms with Crippen LogP contribution in [0.3, 0.4) is 0 Å². The Morgan fingerprint density at radius 1 is 1.32 bits per heavy atom. The van der Waals surface area contributed by atoms with E-state index in [0.29, 0.717) is 23.1 Å². The van der Waals surface area contributed by atoms with Crippen LogP contribution in [0.15, 0.2) is 12.1 Å². The van der Waals surface area contributed by atoms with Gasteiger partial charge in [0.15, 0.2) is 11.6 Å². The number of rotatable bonds is 2. The molecule has 2 rings (SSSR count). The molecule has 1 aromatic carbocycles. The van der Waals surface area contributed by atoms with Crippen LogP contribution in [-0.4, -0.2) is 11.0 Å². The summed E-state index contributed by atoms with van der Waals surface area (Å²) < 4.78 is 31.7. The Balaban J connectivity index is 2.83. The smallest absolute Gasteiger partial charge is 0.308 e. The molecule has 0 aliphatic heterocycles. The number of benzene rings is 1. The molecule has 0 saturated heterocycles. The number of carbonyl (C=O) groups excluding carboxylic acids is 1. The van der Waals surface area contributed by atoms with Crippen LogP contribution in [-0.2, 0) is 11.2 Å². The first kappa shape index (κ1) is 13.4. The topological polar surface area (TPSA) is 39.2 Å². The largest absolute Gasteiger partial charge is 0.426 e. The summed E-state index contributed by atoms with van der Waals surface area (Å²) in [5.74, 6) is -2.23. The van der Waals surface area contributed by atoms with Gasteiger partial charge in [-0.3, -0.25) is 9.78 Å². The minimum atomic E-state index is -0.994. The summed E-state index contributed by atoms with van der Waals surface area (Å²) in [5.41, 5.74) is 1.63. The molecule has 100 valence electrons. The molecule has 0 bridgehead atoms. The van der Waals surface area contributed by atoms with Gasteiger partial charge in [0.2, 0.25) is 0 Å². The van der Waals surface area contributed by atoms with Crippen LogP contribution in [0.1, 0.15) is 25.1 Å². The SMILES string of the molecule is CCc1nc2cc(F)c(F)cc2c(OC(C)=O)c1C. The van der Waals surface area contributed by atoms with Crippen molar-refractivity contribution in [1.82, 2.24) is 4.98 Å². The zero-order valence-corrected chi connectivity index (χ0v) is 10.9. The van der Waals surface area contributed by atoms with E-state index >= 15 is 0 Å². The fourth-order valence-electron chi connectivity index (χ4n) is 1.99. The maximum Gasteiger partial charge on any atom is 0.308 e. The van der Waals surface area contributed by atoms with E-state index in [9.17, 15) is 13.6 Å². The summed E-state index contributed by atoms with van der Waals surface area (Å²) in [6.45, 7) is 4.89. The van der Waals surface area contributed by atoms with Crippen molar-refractivity contribution in [2.75, 3.05) is 0 Å². The van der Waals surface area contributed by atoms with Gasteiger partial charge in [-0.1, -0.05) is 6.92 Å². The molecule has 0 spiro atoms. The molecule has 19 heavy (non-hydrogen) atoms. The molecule has 5 heteroatoms. The minimum absolute atomic E-state index is 0.244. The average molecular weight is 265 g/mol. The van der Waals surface area contributed by atoms with Gasteiger partial charge in [-0.05, 0) is 19.4 Å². The Morgan fingerprint density at radius 3 is 2.53 bits per heavy atom. The Hall–Kier alpha value is -2.04. The van der Waals surface area contributed by atoms with E-state index in [2.05, 4.69) is 4.98 Å². The molecule has 0 amide bonds. The van der Waals surface area contributed by atoms with Crippen LogP contribution in [0.4, 0.5) is 8.78 Å². The lowest BCUT2D eigenvalue weighted by Gasteiger charge is -2.13. The van der Waals surface area contributed by atoms with Crippen LogP contribution in [0.25, 0.3) is 10.9 Å². The quantitative estimate of drug-likeness (QED) is 0.782. The van der Waals surface area contributed by atoms with Crippen LogP contribution >= 0.6 is 0 Å². The maximum absolute atomic E-state index is 13.3. The van der Waals surface area contributed by atoms with Crippen LogP contribution in [0.5, 0.6) is 5.75 Å². The molecular formula is C14H13F2NO2. The monoisotopic (exact) mass is 265 g/mol. The number of hydrogen-bond acceptors (Lipinski definition) is 3. The van der Waals surface area contributed by atoms with Crippen molar-refractivity contribution in [2.45, 2.75) is 27.2 Å². The Bertz CT molecular complexity index is 668. The Morgan fingerprint density at radius 2 is 1.95 bits per heavy atom. The molecule has 3 nitrogen and oxygen atoms in total. The van der Waals surface area contributed by atoms with E-state index in [1.54, 1.807) is 6.92 Å². The first-order valence-corrected chi connectivity index (χ1v) is 5.90. The highest BCUT2D eigenvalue weighted by molar-refractivity contribution is 5.89. The third-order valence-corrected chi connectivity index (χ3v) is 2.89. The zero-order chi connectivity index (χ0) is 14.2. The van der Waals surface area contributed by atoms with E-state index in [0.717, 1.165) is 12.1 Å². The second-order valence-corrected chi connectivity index (χ2v) is 4.24. The summed E-state index contributed by atoms with van der Waals surface area (Å²) >= 11 is 0. The molecule has 0 saturated carbocycles. The van der Waals surface area contributed by atoms with E-state index in [4.69, 9.17) is 4.74 Å². The standard InChI is InChI=1S/C14H13F2NO2/c1-4-12-7(2)14(19-8(3)18)9-5-10(15)11(16)6-13(9)17-12/h5-6H,4H2,1-3H3. The van der Waals surface area contributed by atoms with E-state index < -0.39 is 17.6 Å². The molecule has 0 fully saturated rings. The number of esters is 1. The second-order valence-electron chi connectivity index (χ2n) is 4.24. The molecular weight excluding hydrogens is 252 g/mol. The van der Waals surface area contributed by atoms with Gasteiger partial charge < -0.3 is 4.74 Å². The number of hydrogen-bond donors (Lipinski definition) is 0. The Labute approximate surface area is 109 Å². The van der Waals surface area contributed by atoms with Crippen LogP contribution < -0.4 is 4.74 Å². The molecule has 1 aromatic heterocycles. The predicted octanol–water partition coefficient (Wildman–Crippen LogP) is 3.31. The number of halogens is 2. The number of aryl methyl sites for hydroxylation is 1. The third kappa shape index (κ3) is 2.41. The second kappa shape index (κ2) is 4.91. The summed E-state index contributed by atoms with van der Waals surface area (Å²) in [6.07, 6.45) is 0.606. The summed E-state index contributed by atoms with van der Waals surface area (Å²) in [6, 6.07) is 2.01. The normalized spacial score (nSPS) is 10.8. The highest BCUT2D eigenvalue weighted by Crippen LogP contribution is 2.32. The van der Waals surface area contributed by atoms with Crippen molar-refractivity contribution in [3.63, 3.8) is 0 Å². The molecule has 1 heterocycles. The molecule has 0 aliphatic rings. The van der Waals surface area contributed by atoms with Gasteiger partial charge in [-0.25, -0.2) is 8.78 Å². The number of ether oxygens (including phenoxy) is 1. The summed E-state index contributed by atoms with van der Waals surface area (Å²) in [5, 5.41) is 0.295. The van der Waals surface area contributed by atoms with Gasteiger partial charge in [0.1, 0.15) is 5.75 Å². The molecule has 0 aliphatic carbocycles. The van der Waals surface area contributed by atoms with E-state index in [-0.39, 0.29) is 11.3 Å². The van der Waals surface area contributed by atoms with Gasteiger partial charge in [0.05, 0.1) is 5.52 Å². The van der Waals surface area contributed by atoms with Crippen molar-refractivity contribution >= 4 is 16.9 Å². The van der Waals surface area contributed by atoms with Crippen LogP contribution in [0, 0.1) is 18.6 Å². The third-order valence-electron chi connectivity index (χ3n) is 2.89. The van der Waals surface area contributed by atoms with Crippen molar-refractivity contribution in [1.29, 1.82) is 0 Å². The lowest BCUT2D eigenvalue weighted by molar-refractivity contribution is -0.131. The van der Waals surface area contributed by atoms with Gasteiger partial charge in [0, 0.05) is 29.6 Å². The maximum atomic E-state index is 13.3. The lowest BCUT2D eigenvalue weighted by Crippen LogP contribution is -2.06. The predicted molar refractivity (Wildman–Crippen MR) is 67.1 cm³/mol. The molecule has 0 unspecified atom stereocenters. The van der Waals surface area contributed by atoms with Gasteiger partial charge in [0.25, 0.3) is 0 Å². The average Bonchev–Trinajstić information content (AvgIpc) is 2.34. The van der Waals surface area contributed by atoms with Gasteiger partial charge in [-0.2, -0.15) is 0 Å². The van der Waals surface area contributed by atoms with Crippen LogP contribution in [0.2, 0.25) is 0 Å². The minimum Gasteiger partial charge on any atom is -0.426 e. The van der Waals surface area contributed by atoms with Gasteiger partial charge >= 0.3 is 5.97 Å². The number of aromatic nitrogens is 1. The lowest BCUT2D eigenvalue weighted by atomic mass is 10.1. The number of fused-ring (bicyclic) bond motifs is 1.